The maximum absolute atomic E-state index is 12.0. The average molecular weight is 301 g/mol. The molecule has 2 amide bonds. The molecule has 1 fully saturated rings. The molecule has 0 spiro atoms. The van der Waals surface area contributed by atoms with Crippen molar-refractivity contribution < 1.29 is 4.79 Å². The lowest BCUT2D eigenvalue weighted by atomic mass is 10.2. The topological polar surface area (TPSA) is 45.2 Å². The van der Waals surface area contributed by atoms with Crippen LogP contribution >= 0.6 is 11.3 Å². The zero-order chi connectivity index (χ0) is 14.7. The summed E-state index contributed by atoms with van der Waals surface area (Å²) < 4.78 is 0. The summed E-state index contributed by atoms with van der Waals surface area (Å²) in [5.41, 5.74) is 2.04. The Morgan fingerprint density at radius 3 is 2.95 bits per heavy atom. The number of urea groups is 1. The average Bonchev–Trinajstić information content (AvgIpc) is 3.15. The summed E-state index contributed by atoms with van der Waals surface area (Å²) in [6, 6.07) is 10.1. The molecular formula is C16H19N3OS. The number of carbonyl (C=O) groups is 1. The number of benzene rings is 1. The van der Waals surface area contributed by atoms with Gasteiger partial charge in [-0.05, 0) is 12.3 Å². The molecule has 5 heteroatoms. The van der Waals surface area contributed by atoms with Crippen molar-refractivity contribution >= 4 is 17.4 Å². The molecule has 3 rings (SSSR count). The fraction of sp³-hybridized carbons (Fsp3) is 0.375. The lowest BCUT2D eigenvalue weighted by Crippen LogP contribution is -2.38. The molecule has 4 nitrogen and oxygen atoms in total. The highest BCUT2D eigenvalue weighted by Crippen LogP contribution is 2.23. The lowest BCUT2D eigenvalue weighted by Gasteiger charge is -2.16. The molecule has 0 saturated carbocycles. The molecule has 1 atom stereocenters. The standard InChI is InChI=1S/C16H19N3OS/c1-12-7-8-19(10-12)16(20)17-9-14-11-21-15(18-14)13-5-3-2-4-6-13/h2-6,11-12H,7-10H2,1H3,(H,17,20). The summed E-state index contributed by atoms with van der Waals surface area (Å²) in [7, 11) is 0. The number of nitrogens with zero attached hydrogens (tertiary/aromatic N) is 2. The van der Waals surface area contributed by atoms with E-state index in [0.717, 1.165) is 35.8 Å². The Kier molecular flexibility index (Phi) is 4.20. The van der Waals surface area contributed by atoms with E-state index in [2.05, 4.69) is 17.2 Å². The van der Waals surface area contributed by atoms with Gasteiger partial charge in [-0.3, -0.25) is 0 Å². The van der Waals surface area contributed by atoms with Crippen LogP contribution < -0.4 is 5.32 Å². The molecule has 110 valence electrons. The van der Waals surface area contributed by atoms with Gasteiger partial charge in [-0.25, -0.2) is 9.78 Å². The van der Waals surface area contributed by atoms with Crippen LogP contribution in [-0.4, -0.2) is 29.0 Å². The molecule has 2 aromatic rings. The highest BCUT2D eigenvalue weighted by Gasteiger charge is 2.22. The maximum atomic E-state index is 12.0. The van der Waals surface area contributed by atoms with E-state index in [1.54, 1.807) is 11.3 Å². The molecule has 1 aliphatic rings. The first-order valence-corrected chi connectivity index (χ1v) is 8.13. The van der Waals surface area contributed by atoms with Crippen LogP contribution in [0.5, 0.6) is 0 Å². The molecule has 0 radical (unpaired) electrons. The Labute approximate surface area is 128 Å². The molecule has 2 heterocycles. The van der Waals surface area contributed by atoms with E-state index in [-0.39, 0.29) is 6.03 Å². The van der Waals surface area contributed by atoms with Crippen molar-refractivity contribution in [3.8, 4) is 10.6 Å². The molecule has 1 N–H and O–H groups in total. The van der Waals surface area contributed by atoms with E-state index < -0.39 is 0 Å². The van der Waals surface area contributed by atoms with Crippen molar-refractivity contribution in [2.45, 2.75) is 19.9 Å². The summed E-state index contributed by atoms with van der Waals surface area (Å²) in [6.45, 7) is 4.39. The van der Waals surface area contributed by atoms with Crippen molar-refractivity contribution in [2.75, 3.05) is 13.1 Å². The Bertz CT molecular complexity index is 611. The van der Waals surface area contributed by atoms with Gasteiger partial charge >= 0.3 is 6.03 Å². The van der Waals surface area contributed by atoms with Gasteiger partial charge in [-0.15, -0.1) is 11.3 Å². The van der Waals surface area contributed by atoms with Crippen LogP contribution in [0.25, 0.3) is 10.6 Å². The highest BCUT2D eigenvalue weighted by molar-refractivity contribution is 7.13. The van der Waals surface area contributed by atoms with Crippen molar-refractivity contribution in [2.24, 2.45) is 5.92 Å². The number of hydrogen-bond donors (Lipinski definition) is 1. The molecule has 1 aromatic carbocycles. The smallest absolute Gasteiger partial charge is 0.317 e. The Morgan fingerprint density at radius 1 is 1.43 bits per heavy atom. The summed E-state index contributed by atoms with van der Waals surface area (Å²) in [6.07, 6.45) is 1.10. The normalized spacial score (nSPS) is 18.0. The number of nitrogens with one attached hydrogen (secondary N) is 1. The van der Waals surface area contributed by atoms with E-state index in [1.165, 1.54) is 0 Å². The number of hydrogen-bond acceptors (Lipinski definition) is 3. The van der Waals surface area contributed by atoms with Gasteiger partial charge in [0.05, 0.1) is 12.2 Å². The molecule has 0 bridgehead atoms. The molecule has 1 unspecified atom stereocenters. The minimum atomic E-state index is 0.0219. The third kappa shape index (κ3) is 3.42. The molecule has 1 saturated heterocycles. The zero-order valence-electron chi connectivity index (χ0n) is 12.1. The third-order valence-electron chi connectivity index (χ3n) is 3.70. The summed E-state index contributed by atoms with van der Waals surface area (Å²) >= 11 is 1.61. The van der Waals surface area contributed by atoms with Gasteiger partial charge < -0.3 is 10.2 Å². The first-order chi connectivity index (χ1) is 10.2. The summed E-state index contributed by atoms with van der Waals surface area (Å²) in [4.78, 5) is 18.5. The SMILES string of the molecule is CC1CCN(C(=O)NCc2csc(-c3ccccc3)n2)C1. The van der Waals surface area contributed by atoms with Crippen molar-refractivity contribution in [3.05, 3.63) is 41.4 Å². The van der Waals surface area contributed by atoms with E-state index >= 15 is 0 Å². The number of likely N-dealkylation sites (tertiary alicyclic amines) is 1. The number of amides is 2. The van der Waals surface area contributed by atoms with Crippen LogP contribution in [0.15, 0.2) is 35.7 Å². The van der Waals surface area contributed by atoms with Crippen LogP contribution in [0, 0.1) is 5.92 Å². The second-order valence-corrected chi connectivity index (χ2v) is 6.37. The summed E-state index contributed by atoms with van der Waals surface area (Å²) in [5, 5.41) is 5.96. The fourth-order valence-corrected chi connectivity index (χ4v) is 3.32. The van der Waals surface area contributed by atoms with Crippen LogP contribution in [-0.2, 0) is 6.54 Å². The van der Waals surface area contributed by atoms with Gasteiger partial charge in [0.15, 0.2) is 0 Å². The number of aromatic nitrogens is 1. The fourth-order valence-electron chi connectivity index (χ4n) is 2.50. The lowest BCUT2D eigenvalue weighted by molar-refractivity contribution is 0.207. The quantitative estimate of drug-likeness (QED) is 0.945. The van der Waals surface area contributed by atoms with Crippen molar-refractivity contribution in [3.63, 3.8) is 0 Å². The molecular weight excluding hydrogens is 282 g/mol. The second-order valence-electron chi connectivity index (χ2n) is 5.51. The van der Waals surface area contributed by atoms with Gasteiger partial charge in [-0.1, -0.05) is 37.3 Å². The minimum Gasteiger partial charge on any atom is -0.332 e. The van der Waals surface area contributed by atoms with E-state index in [4.69, 9.17) is 0 Å². The van der Waals surface area contributed by atoms with Crippen LogP contribution in [0.4, 0.5) is 4.79 Å². The number of thiazole rings is 1. The second kappa shape index (κ2) is 6.26. The van der Waals surface area contributed by atoms with Crippen molar-refractivity contribution in [1.82, 2.24) is 15.2 Å². The first-order valence-electron chi connectivity index (χ1n) is 7.25. The highest BCUT2D eigenvalue weighted by atomic mass is 32.1. The zero-order valence-corrected chi connectivity index (χ0v) is 12.9. The van der Waals surface area contributed by atoms with Gasteiger partial charge in [0, 0.05) is 24.0 Å². The van der Waals surface area contributed by atoms with Crippen LogP contribution in [0.2, 0.25) is 0 Å². The summed E-state index contributed by atoms with van der Waals surface area (Å²) in [5.74, 6) is 0.611. The van der Waals surface area contributed by atoms with Gasteiger partial charge in [-0.2, -0.15) is 0 Å². The van der Waals surface area contributed by atoms with Crippen LogP contribution in [0.1, 0.15) is 19.0 Å². The monoisotopic (exact) mass is 301 g/mol. The van der Waals surface area contributed by atoms with E-state index in [1.807, 2.05) is 40.6 Å². The third-order valence-corrected chi connectivity index (χ3v) is 4.64. The number of carbonyl (C=O) groups excluding carboxylic acids is 1. The molecule has 0 aliphatic carbocycles. The number of rotatable bonds is 3. The van der Waals surface area contributed by atoms with Gasteiger partial charge in [0.25, 0.3) is 0 Å². The van der Waals surface area contributed by atoms with E-state index in [0.29, 0.717) is 12.5 Å². The van der Waals surface area contributed by atoms with Crippen LogP contribution in [0.3, 0.4) is 0 Å². The molecule has 1 aliphatic heterocycles. The van der Waals surface area contributed by atoms with Crippen molar-refractivity contribution in [1.29, 1.82) is 0 Å². The van der Waals surface area contributed by atoms with Gasteiger partial charge in [0.1, 0.15) is 5.01 Å². The first kappa shape index (κ1) is 14.1. The maximum Gasteiger partial charge on any atom is 0.317 e. The Hall–Kier alpha value is -1.88. The predicted octanol–water partition coefficient (Wildman–Crippen LogP) is 3.36. The minimum absolute atomic E-state index is 0.0219. The molecule has 1 aromatic heterocycles. The molecule has 21 heavy (non-hydrogen) atoms. The van der Waals surface area contributed by atoms with E-state index in [9.17, 15) is 4.79 Å². The Morgan fingerprint density at radius 2 is 2.24 bits per heavy atom. The largest absolute Gasteiger partial charge is 0.332 e. The predicted molar refractivity (Wildman–Crippen MR) is 85.1 cm³/mol. The van der Waals surface area contributed by atoms with Gasteiger partial charge in [0.2, 0.25) is 0 Å². The Balaban J connectivity index is 1.57.